The highest BCUT2D eigenvalue weighted by molar-refractivity contribution is 5.59. The standard InChI is InChI=1S/C23H26N4/c1-19-9-8-16-26(17-19)22-14-15-24-23(25-22)27(21-12-6-3-7-13-21)18-20-10-4-2-5-11-20/h2-7,10-15,19H,8-9,16-18H2,1H3. The maximum absolute atomic E-state index is 4.94. The van der Waals surface area contributed by atoms with Crippen molar-refractivity contribution in [2.45, 2.75) is 26.3 Å². The highest BCUT2D eigenvalue weighted by Gasteiger charge is 2.19. The molecule has 0 saturated carbocycles. The molecule has 0 radical (unpaired) electrons. The van der Waals surface area contributed by atoms with Gasteiger partial charge in [0.05, 0.1) is 6.54 Å². The van der Waals surface area contributed by atoms with Crippen molar-refractivity contribution in [3.05, 3.63) is 78.5 Å². The first-order valence-corrected chi connectivity index (χ1v) is 9.74. The van der Waals surface area contributed by atoms with Gasteiger partial charge in [0.15, 0.2) is 0 Å². The molecule has 1 aliphatic heterocycles. The second-order valence-electron chi connectivity index (χ2n) is 7.32. The summed E-state index contributed by atoms with van der Waals surface area (Å²) in [6.07, 6.45) is 4.42. The Morgan fingerprint density at radius 3 is 2.48 bits per heavy atom. The molecule has 0 N–H and O–H groups in total. The minimum atomic E-state index is 0.715. The molecule has 4 heteroatoms. The minimum absolute atomic E-state index is 0.715. The molecule has 1 aliphatic rings. The van der Waals surface area contributed by atoms with Gasteiger partial charge in [-0.2, -0.15) is 4.98 Å². The first kappa shape index (κ1) is 17.5. The van der Waals surface area contributed by atoms with Crippen molar-refractivity contribution in [3.63, 3.8) is 0 Å². The van der Waals surface area contributed by atoms with Gasteiger partial charge in [0, 0.05) is 25.0 Å². The van der Waals surface area contributed by atoms with Gasteiger partial charge in [0.2, 0.25) is 5.95 Å². The predicted octanol–water partition coefficient (Wildman–Crippen LogP) is 5.05. The molecule has 0 amide bonds. The van der Waals surface area contributed by atoms with Gasteiger partial charge >= 0.3 is 0 Å². The summed E-state index contributed by atoms with van der Waals surface area (Å²) in [7, 11) is 0. The minimum Gasteiger partial charge on any atom is -0.356 e. The summed E-state index contributed by atoms with van der Waals surface area (Å²) in [5, 5.41) is 0. The van der Waals surface area contributed by atoms with E-state index in [2.05, 4.69) is 70.2 Å². The van der Waals surface area contributed by atoms with E-state index in [9.17, 15) is 0 Å². The van der Waals surface area contributed by atoms with E-state index in [0.717, 1.165) is 37.1 Å². The quantitative estimate of drug-likeness (QED) is 0.639. The lowest BCUT2D eigenvalue weighted by atomic mass is 10.0. The SMILES string of the molecule is CC1CCCN(c2ccnc(N(Cc3ccccc3)c3ccccc3)n2)C1. The van der Waals surface area contributed by atoms with E-state index in [1.54, 1.807) is 0 Å². The zero-order chi connectivity index (χ0) is 18.5. The predicted molar refractivity (Wildman–Crippen MR) is 111 cm³/mol. The number of para-hydroxylation sites is 1. The van der Waals surface area contributed by atoms with Gasteiger partial charge in [0.25, 0.3) is 0 Å². The molecule has 0 bridgehead atoms. The van der Waals surface area contributed by atoms with E-state index in [0.29, 0.717) is 5.92 Å². The lowest BCUT2D eigenvalue weighted by molar-refractivity contribution is 0.444. The number of aromatic nitrogens is 2. The summed E-state index contributed by atoms with van der Waals surface area (Å²) in [6, 6.07) is 22.9. The molecule has 1 fully saturated rings. The third-order valence-corrected chi connectivity index (χ3v) is 5.10. The number of rotatable bonds is 5. The van der Waals surface area contributed by atoms with Gasteiger partial charge < -0.3 is 9.80 Å². The van der Waals surface area contributed by atoms with Crippen molar-refractivity contribution in [1.82, 2.24) is 9.97 Å². The van der Waals surface area contributed by atoms with Crippen LogP contribution < -0.4 is 9.80 Å². The fraction of sp³-hybridized carbons (Fsp3) is 0.304. The average Bonchev–Trinajstić information content (AvgIpc) is 2.73. The second-order valence-corrected chi connectivity index (χ2v) is 7.32. The summed E-state index contributed by atoms with van der Waals surface area (Å²) in [5.74, 6) is 2.49. The van der Waals surface area contributed by atoms with Crippen molar-refractivity contribution < 1.29 is 0 Å². The van der Waals surface area contributed by atoms with E-state index >= 15 is 0 Å². The van der Waals surface area contributed by atoms with Crippen LogP contribution in [0.1, 0.15) is 25.3 Å². The molecular weight excluding hydrogens is 332 g/mol. The smallest absolute Gasteiger partial charge is 0.232 e. The lowest BCUT2D eigenvalue weighted by Gasteiger charge is -2.32. The van der Waals surface area contributed by atoms with E-state index < -0.39 is 0 Å². The van der Waals surface area contributed by atoms with Crippen LogP contribution in [0.5, 0.6) is 0 Å². The van der Waals surface area contributed by atoms with Gasteiger partial charge in [-0.15, -0.1) is 0 Å². The largest absolute Gasteiger partial charge is 0.356 e. The summed E-state index contributed by atoms with van der Waals surface area (Å²) >= 11 is 0. The molecule has 1 saturated heterocycles. The molecule has 27 heavy (non-hydrogen) atoms. The zero-order valence-electron chi connectivity index (χ0n) is 15.8. The Kier molecular flexibility index (Phi) is 5.33. The van der Waals surface area contributed by atoms with E-state index in [-0.39, 0.29) is 0 Å². The molecule has 0 spiro atoms. The Balaban J connectivity index is 1.66. The molecule has 3 aromatic rings. The van der Waals surface area contributed by atoms with E-state index in [1.165, 1.54) is 18.4 Å². The molecule has 0 aliphatic carbocycles. The van der Waals surface area contributed by atoms with Crippen molar-refractivity contribution in [2.24, 2.45) is 5.92 Å². The maximum atomic E-state index is 4.94. The van der Waals surface area contributed by atoms with Crippen LogP contribution in [-0.2, 0) is 6.54 Å². The molecular formula is C23H26N4. The van der Waals surface area contributed by atoms with Gasteiger partial charge in [0.1, 0.15) is 5.82 Å². The summed E-state index contributed by atoms with van der Waals surface area (Å²) < 4.78 is 0. The van der Waals surface area contributed by atoms with Crippen LogP contribution in [0.3, 0.4) is 0 Å². The lowest BCUT2D eigenvalue weighted by Crippen LogP contribution is -2.35. The average molecular weight is 358 g/mol. The number of piperidine rings is 1. The molecule has 138 valence electrons. The third kappa shape index (κ3) is 4.27. The first-order chi connectivity index (χ1) is 13.3. The van der Waals surface area contributed by atoms with Gasteiger partial charge in [-0.05, 0) is 42.5 Å². The molecule has 1 unspecified atom stereocenters. The fourth-order valence-electron chi connectivity index (χ4n) is 3.69. The molecule has 1 aromatic heterocycles. The monoisotopic (exact) mass is 358 g/mol. The van der Waals surface area contributed by atoms with Crippen LogP contribution in [0.2, 0.25) is 0 Å². The molecule has 1 atom stereocenters. The van der Waals surface area contributed by atoms with Crippen LogP contribution in [0.25, 0.3) is 0 Å². The van der Waals surface area contributed by atoms with Crippen molar-refractivity contribution in [2.75, 3.05) is 22.9 Å². The highest BCUT2D eigenvalue weighted by atomic mass is 15.3. The van der Waals surface area contributed by atoms with E-state index in [1.807, 2.05) is 24.4 Å². The zero-order valence-corrected chi connectivity index (χ0v) is 15.8. The molecule has 2 aromatic carbocycles. The Hall–Kier alpha value is -2.88. The number of hydrogen-bond donors (Lipinski definition) is 0. The number of hydrogen-bond acceptors (Lipinski definition) is 4. The Morgan fingerprint density at radius 1 is 1.00 bits per heavy atom. The molecule has 4 nitrogen and oxygen atoms in total. The normalized spacial score (nSPS) is 16.9. The van der Waals surface area contributed by atoms with Crippen LogP contribution >= 0.6 is 0 Å². The van der Waals surface area contributed by atoms with Crippen molar-refractivity contribution in [3.8, 4) is 0 Å². The number of benzene rings is 2. The van der Waals surface area contributed by atoms with Crippen LogP contribution in [0.4, 0.5) is 17.5 Å². The summed E-state index contributed by atoms with van der Waals surface area (Å²) in [5.41, 5.74) is 2.34. The fourth-order valence-corrected chi connectivity index (χ4v) is 3.69. The number of nitrogens with zero attached hydrogens (tertiary/aromatic N) is 4. The van der Waals surface area contributed by atoms with Gasteiger partial charge in [-0.1, -0.05) is 55.5 Å². The van der Waals surface area contributed by atoms with Crippen LogP contribution in [0, 0.1) is 5.92 Å². The molecule has 2 heterocycles. The van der Waals surface area contributed by atoms with E-state index in [4.69, 9.17) is 4.98 Å². The van der Waals surface area contributed by atoms with Gasteiger partial charge in [-0.3, -0.25) is 0 Å². The van der Waals surface area contributed by atoms with Gasteiger partial charge in [-0.25, -0.2) is 4.98 Å². The van der Waals surface area contributed by atoms with Crippen LogP contribution in [0.15, 0.2) is 72.9 Å². The van der Waals surface area contributed by atoms with Crippen molar-refractivity contribution in [1.29, 1.82) is 0 Å². The first-order valence-electron chi connectivity index (χ1n) is 9.74. The molecule has 4 rings (SSSR count). The summed E-state index contributed by atoms with van der Waals surface area (Å²) in [4.78, 5) is 14.1. The summed E-state index contributed by atoms with van der Waals surface area (Å²) in [6.45, 7) is 5.20. The Morgan fingerprint density at radius 2 is 1.74 bits per heavy atom. The second kappa shape index (κ2) is 8.21. The number of anilines is 3. The maximum Gasteiger partial charge on any atom is 0.232 e. The third-order valence-electron chi connectivity index (χ3n) is 5.10. The van der Waals surface area contributed by atoms with Crippen LogP contribution in [-0.4, -0.2) is 23.1 Å². The van der Waals surface area contributed by atoms with Crippen molar-refractivity contribution >= 4 is 17.5 Å². The Labute approximate surface area is 161 Å². The topological polar surface area (TPSA) is 32.3 Å². The highest BCUT2D eigenvalue weighted by Crippen LogP contribution is 2.27. The Bertz CT molecular complexity index is 851.